The standard InChI is InChI=1S/C17H15FN4O/c1-12-3-2-4-14(20-12)11-19-17(23)16-9-10-22(21-16)15-7-5-13(18)6-8-15/h2-10H,11H2,1H3,(H,19,23). The molecule has 2 heterocycles. The molecule has 1 N–H and O–H groups in total. The van der Waals surface area contributed by atoms with Crippen molar-refractivity contribution in [3.05, 3.63) is 77.6 Å². The molecule has 0 atom stereocenters. The van der Waals surface area contributed by atoms with Crippen molar-refractivity contribution in [2.45, 2.75) is 13.5 Å². The number of aryl methyl sites for hydroxylation is 1. The van der Waals surface area contributed by atoms with Crippen LogP contribution in [0.25, 0.3) is 5.69 Å². The molecular formula is C17H15FN4O. The Hall–Kier alpha value is -3.02. The summed E-state index contributed by atoms with van der Waals surface area (Å²) in [4.78, 5) is 16.5. The van der Waals surface area contributed by atoms with Gasteiger partial charge in [-0.05, 0) is 49.4 Å². The molecule has 0 saturated heterocycles. The van der Waals surface area contributed by atoms with Crippen LogP contribution in [-0.4, -0.2) is 20.7 Å². The van der Waals surface area contributed by atoms with E-state index in [4.69, 9.17) is 0 Å². The monoisotopic (exact) mass is 310 g/mol. The largest absolute Gasteiger partial charge is 0.345 e. The maximum Gasteiger partial charge on any atom is 0.272 e. The van der Waals surface area contributed by atoms with Crippen LogP contribution in [-0.2, 0) is 6.54 Å². The van der Waals surface area contributed by atoms with Gasteiger partial charge in [0.1, 0.15) is 5.82 Å². The van der Waals surface area contributed by atoms with Gasteiger partial charge in [-0.25, -0.2) is 9.07 Å². The van der Waals surface area contributed by atoms with Crippen molar-refractivity contribution < 1.29 is 9.18 Å². The summed E-state index contributed by atoms with van der Waals surface area (Å²) in [7, 11) is 0. The number of nitrogens with zero attached hydrogens (tertiary/aromatic N) is 3. The number of pyridine rings is 1. The van der Waals surface area contributed by atoms with E-state index in [-0.39, 0.29) is 11.7 Å². The zero-order valence-corrected chi connectivity index (χ0v) is 12.5. The van der Waals surface area contributed by atoms with Gasteiger partial charge in [-0.3, -0.25) is 9.78 Å². The Labute approximate surface area is 132 Å². The van der Waals surface area contributed by atoms with Crippen LogP contribution in [0.1, 0.15) is 21.9 Å². The minimum Gasteiger partial charge on any atom is -0.345 e. The zero-order valence-electron chi connectivity index (χ0n) is 12.5. The first-order valence-electron chi connectivity index (χ1n) is 7.14. The predicted molar refractivity (Wildman–Crippen MR) is 83.7 cm³/mol. The molecule has 5 nitrogen and oxygen atoms in total. The number of hydrogen-bond acceptors (Lipinski definition) is 3. The molecule has 0 fully saturated rings. The minimum atomic E-state index is -0.315. The van der Waals surface area contributed by atoms with Gasteiger partial charge in [0, 0.05) is 11.9 Å². The number of aromatic nitrogens is 3. The van der Waals surface area contributed by atoms with E-state index >= 15 is 0 Å². The molecule has 0 aliphatic heterocycles. The van der Waals surface area contributed by atoms with Crippen molar-refractivity contribution in [2.75, 3.05) is 0 Å². The average Bonchev–Trinajstić information content (AvgIpc) is 3.03. The van der Waals surface area contributed by atoms with Gasteiger partial charge in [0.2, 0.25) is 0 Å². The van der Waals surface area contributed by atoms with E-state index in [1.807, 2.05) is 25.1 Å². The van der Waals surface area contributed by atoms with E-state index < -0.39 is 0 Å². The number of nitrogens with one attached hydrogen (secondary N) is 1. The lowest BCUT2D eigenvalue weighted by Gasteiger charge is -2.04. The molecule has 0 unspecified atom stereocenters. The number of hydrogen-bond donors (Lipinski definition) is 1. The number of rotatable bonds is 4. The third-order valence-corrected chi connectivity index (χ3v) is 3.29. The third-order valence-electron chi connectivity index (χ3n) is 3.29. The van der Waals surface area contributed by atoms with Gasteiger partial charge in [-0.15, -0.1) is 0 Å². The maximum atomic E-state index is 12.9. The Morgan fingerprint density at radius 3 is 2.70 bits per heavy atom. The van der Waals surface area contributed by atoms with Crippen molar-refractivity contribution in [1.29, 1.82) is 0 Å². The number of halogens is 1. The Bertz CT molecular complexity index is 827. The second-order valence-electron chi connectivity index (χ2n) is 5.07. The van der Waals surface area contributed by atoms with Crippen LogP contribution in [0.15, 0.2) is 54.7 Å². The lowest BCUT2D eigenvalue weighted by molar-refractivity contribution is 0.0945. The van der Waals surface area contributed by atoms with Crippen molar-refractivity contribution in [2.24, 2.45) is 0 Å². The Balaban J connectivity index is 1.67. The topological polar surface area (TPSA) is 59.8 Å². The number of carbonyl (C=O) groups is 1. The number of amides is 1. The molecule has 3 rings (SSSR count). The first-order chi connectivity index (χ1) is 11.1. The van der Waals surface area contributed by atoms with Gasteiger partial charge in [0.25, 0.3) is 5.91 Å². The molecular weight excluding hydrogens is 295 g/mol. The van der Waals surface area contributed by atoms with Crippen LogP contribution in [0.4, 0.5) is 4.39 Å². The Kier molecular flexibility index (Phi) is 4.14. The average molecular weight is 310 g/mol. The third kappa shape index (κ3) is 3.60. The number of carbonyl (C=O) groups excluding carboxylic acids is 1. The molecule has 0 spiro atoms. The van der Waals surface area contributed by atoms with E-state index in [0.717, 1.165) is 11.4 Å². The first-order valence-corrected chi connectivity index (χ1v) is 7.14. The smallest absolute Gasteiger partial charge is 0.272 e. The molecule has 0 saturated carbocycles. The second kappa shape index (κ2) is 6.39. The fourth-order valence-corrected chi connectivity index (χ4v) is 2.14. The van der Waals surface area contributed by atoms with E-state index in [0.29, 0.717) is 17.9 Å². The molecule has 6 heteroatoms. The van der Waals surface area contributed by atoms with Gasteiger partial charge < -0.3 is 5.32 Å². The highest BCUT2D eigenvalue weighted by atomic mass is 19.1. The van der Waals surface area contributed by atoms with Crippen LogP contribution in [0, 0.1) is 12.7 Å². The highest BCUT2D eigenvalue weighted by Gasteiger charge is 2.10. The van der Waals surface area contributed by atoms with E-state index in [1.165, 1.54) is 16.8 Å². The van der Waals surface area contributed by atoms with Crippen molar-refractivity contribution in [1.82, 2.24) is 20.1 Å². The van der Waals surface area contributed by atoms with Crippen LogP contribution in [0.3, 0.4) is 0 Å². The molecule has 1 aromatic carbocycles. The Morgan fingerprint density at radius 1 is 1.17 bits per heavy atom. The van der Waals surface area contributed by atoms with Gasteiger partial charge in [-0.2, -0.15) is 5.10 Å². The lowest BCUT2D eigenvalue weighted by Crippen LogP contribution is -2.24. The molecule has 2 aromatic heterocycles. The van der Waals surface area contributed by atoms with Crippen molar-refractivity contribution in [3.8, 4) is 5.69 Å². The summed E-state index contributed by atoms with van der Waals surface area (Å²) >= 11 is 0. The van der Waals surface area contributed by atoms with Crippen LogP contribution >= 0.6 is 0 Å². The molecule has 3 aromatic rings. The minimum absolute atomic E-state index is 0.283. The second-order valence-corrected chi connectivity index (χ2v) is 5.07. The number of benzene rings is 1. The summed E-state index contributed by atoms with van der Waals surface area (Å²) in [6.07, 6.45) is 1.66. The summed E-state index contributed by atoms with van der Waals surface area (Å²) in [6.45, 7) is 2.24. The van der Waals surface area contributed by atoms with Crippen molar-refractivity contribution in [3.63, 3.8) is 0 Å². The van der Waals surface area contributed by atoms with E-state index in [9.17, 15) is 9.18 Å². The summed E-state index contributed by atoms with van der Waals surface area (Å²) in [5, 5.41) is 6.98. The Morgan fingerprint density at radius 2 is 1.96 bits per heavy atom. The molecule has 116 valence electrons. The highest BCUT2D eigenvalue weighted by Crippen LogP contribution is 2.09. The fourth-order valence-electron chi connectivity index (χ4n) is 2.14. The molecule has 0 bridgehead atoms. The normalized spacial score (nSPS) is 10.5. The molecule has 0 aliphatic carbocycles. The summed E-state index contributed by atoms with van der Waals surface area (Å²) in [5.41, 5.74) is 2.67. The van der Waals surface area contributed by atoms with Crippen molar-refractivity contribution >= 4 is 5.91 Å². The summed E-state index contributed by atoms with van der Waals surface area (Å²) in [6, 6.07) is 13.2. The fraction of sp³-hybridized carbons (Fsp3) is 0.118. The predicted octanol–water partition coefficient (Wildman–Crippen LogP) is 2.64. The van der Waals surface area contributed by atoms with E-state index in [2.05, 4.69) is 15.4 Å². The van der Waals surface area contributed by atoms with Gasteiger partial charge in [0.05, 0.1) is 17.9 Å². The lowest BCUT2D eigenvalue weighted by atomic mass is 10.3. The molecule has 1 amide bonds. The van der Waals surface area contributed by atoms with E-state index in [1.54, 1.807) is 24.4 Å². The molecule has 23 heavy (non-hydrogen) atoms. The van der Waals surface area contributed by atoms with Crippen LogP contribution in [0.2, 0.25) is 0 Å². The summed E-state index contributed by atoms with van der Waals surface area (Å²) < 4.78 is 14.5. The van der Waals surface area contributed by atoms with Gasteiger partial charge in [0.15, 0.2) is 5.69 Å². The molecule has 0 radical (unpaired) electrons. The quantitative estimate of drug-likeness (QED) is 0.806. The SMILES string of the molecule is Cc1cccc(CNC(=O)c2ccn(-c3ccc(F)cc3)n2)n1. The maximum absolute atomic E-state index is 12.9. The zero-order chi connectivity index (χ0) is 16.2. The summed E-state index contributed by atoms with van der Waals surface area (Å²) in [5.74, 6) is -0.598. The molecule has 0 aliphatic rings. The van der Waals surface area contributed by atoms with Crippen LogP contribution in [0.5, 0.6) is 0 Å². The first kappa shape index (κ1) is 14.9. The highest BCUT2D eigenvalue weighted by molar-refractivity contribution is 5.92. The van der Waals surface area contributed by atoms with Gasteiger partial charge >= 0.3 is 0 Å². The van der Waals surface area contributed by atoms with Crippen LogP contribution < -0.4 is 5.32 Å². The van der Waals surface area contributed by atoms with Gasteiger partial charge in [-0.1, -0.05) is 6.07 Å².